The highest BCUT2D eigenvalue weighted by atomic mass is 16.2. The molecule has 0 atom stereocenters. The average molecular weight is 442 g/mol. The Hall–Kier alpha value is -3.48. The van der Waals surface area contributed by atoms with Gasteiger partial charge in [-0.2, -0.15) is 5.10 Å². The molecule has 1 aromatic heterocycles. The predicted molar refractivity (Wildman–Crippen MR) is 127 cm³/mol. The first-order valence-electron chi connectivity index (χ1n) is 11.7. The summed E-state index contributed by atoms with van der Waals surface area (Å²) in [4.78, 5) is 33.0. The predicted octanol–water partition coefficient (Wildman–Crippen LogP) is 3.85. The van der Waals surface area contributed by atoms with E-state index in [1.54, 1.807) is 0 Å². The lowest BCUT2D eigenvalue weighted by molar-refractivity contribution is 0.0605. The Morgan fingerprint density at radius 3 is 2.82 bits per heavy atom. The van der Waals surface area contributed by atoms with E-state index in [1.807, 2.05) is 40.1 Å². The molecule has 168 valence electrons. The second-order valence-corrected chi connectivity index (χ2v) is 9.75. The zero-order valence-corrected chi connectivity index (χ0v) is 19.0. The van der Waals surface area contributed by atoms with Gasteiger partial charge in [0.1, 0.15) is 0 Å². The fourth-order valence-corrected chi connectivity index (χ4v) is 5.46. The van der Waals surface area contributed by atoms with Crippen LogP contribution in [0.15, 0.2) is 47.6 Å². The molecule has 2 amide bonds. The third kappa shape index (κ3) is 3.17. The van der Waals surface area contributed by atoms with Crippen molar-refractivity contribution in [3.8, 4) is 0 Å². The summed E-state index contributed by atoms with van der Waals surface area (Å²) in [6.45, 7) is 5.35. The van der Waals surface area contributed by atoms with Gasteiger partial charge in [-0.1, -0.05) is 24.3 Å². The van der Waals surface area contributed by atoms with Crippen LogP contribution in [0.4, 0.5) is 5.69 Å². The van der Waals surface area contributed by atoms with Crippen molar-refractivity contribution in [2.75, 3.05) is 13.1 Å². The number of allylic oxidation sites excluding steroid dienone is 4. The van der Waals surface area contributed by atoms with Crippen LogP contribution in [-0.2, 0) is 6.42 Å². The Morgan fingerprint density at radius 1 is 1.21 bits per heavy atom. The Bertz CT molecular complexity index is 1270. The van der Waals surface area contributed by atoms with Gasteiger partial charge in [0, 0.05) is 59.6 Å². The Morgan fingerprint density at radius 2 is 2.03 bits per heavy atom. The van der Waals surface area contributed by atoms with Crippen molar-refractivity contribution in [2.45, 2.75) is 51.1 Å². The van der Waals surface area contributed by atoms with E-state index in [0.717, 1.165) is 59.3 Å². The molecule has 4 aliphatic rings. The van der Waals surface area contributed by atoms with Crippen molar-refractivity contribution in [2.24, 2.45) is 4.99 Å². The lowest BCUT2D eigenvalue weighted by Crippen LogP contribution is -2.59. The molecule has 7 heteroatoms. The molecule has 7 nitrogen and oxygen atoms in total. The van der Waals surface area contributed by atoms with E-state index in [1.165, 1.54) is 0 Å². The zero-order chi connectivity index (χ0) is 22.7. The molecule has 33 heavy (non-hydrogen) atoms. The number of nitrogens with zero attached hydrogens (tertiary/aromatic N) is 4. The van der Waals surface area contributed by atoms with Crippen molar-refractivity contribution in [3.05, 3.63) is 65.0 Å². The van der Waals surface area contributed by atoms with E-state index < -0.39 is 0 Å². The van der Waals surface area contributed by atoms with Crippen molar-refractivity contribution in [3.63, 3.8) is 0 Å². The molecule has 0 radical (unpaired) electrons. The van der Waals surface area contributed by atoms with Gasteiger partial charge in [0.15, 0.2) is 5.69 Å². The number of rotatable bonds is 2. The number of carbonyl (C=O) groups excluding carboxylic acids is 2. The zero-order valence-electron chi connectivity index (χ0n) is 19.0. The summed E-state index contributed by atoms with van der Waals surface area (Å²) in [7, 11) is 0. The van der Waals surface area contributed by atoms with Crippen LogP contribution < -0.4 is 5.32 Å². The van der Waals surface area contributed by atoms with Gasteiger partial charge in [-0.05, 0) is 45.2 Å². The van der Waals surface area contributed by atoms with Gasteiger partial charge >= 0.3 is 0 Å². The SMILES string of the molecule is CC(C)n1cc2c(n1)C(=O)NC1(CCN(C(=O)c3cccc4c3C3=CC=CCC3=N4)CC1)C2. The second-order valence-electron chi connectivity index (χ2n) is 9.75. The number of benzene rings is 1. The molecule has 0 saturated carbocycles. The minimum absolute atomic E-state index is 0.0454. The molecular formula is C26H27N5O2. The number of piperidine rings is 1. The van der Waals surface area contributed by atoms with E-state index >= 15 is 0 Å². The first kappa shape index (κ1) is 20.1. The third-order valence-corrected chi connectivity index (χ3v) is 7.29. The van der Waals surface area contributed by atoms with E-state index in [4.69, 9.17) is 4.99 Å². The van der Waals surface area contributed by atoms with E-state index in [9.17, 15) is 9.59 Å². The number of fused-ring (bicyclic) bond motifs is 4. The van der Waals surface area contributed by atoms with Gasteiger partial charge in [0.05, 0.1) is 11.4 Å². The average Bonchev–Trinajstić information content (AvgIpc) is 3.41. The van der Waals surface area contributed by atoms with Gasteiger partial charge in [-0.15, -0.1) is 0 Å². The summed E-state index contributed by atoms with van der Waals surface area (Å²) in [6, 6.07) is 6.03. The number of nitrogens with one attached hydrogen (secondary N) is 1. The van der Waals surface area contributed by atoms with E-state index in [0.29, 0.717) is 18.8 Å². The summed E-state index contributed by atoms with van der Waals surface area (Å²) in [5.41, 5.74) is 5.90. The number of likely N-dealkylation sites (tertiary alicyclic amines) is 1. The molecule has 1 aromatic carbocycles. The molecule has 1 spiro atoms. The van der Waals surface area contributed by atoms with E-state index in [-0.39, 0.29) is 23.4 Å². The second kappa shape index (κ2) is 7.27. The van der Waals surface area contributed by atoms with Gasteiger partial charge in [-0.25, -0.2) is 0 Å². The van der Waals surface area contributed by atoms with Gasteiger partial charge in [0.2, 0.25) is 0 Å². The van der Waals surface area contributed by atoms with Crippen LogP contribution in [0.5, 0.6) is 0 Å². The van der Waals surface area contributed by atoms with Gasteiger partial charge < -0.3 is 10.2 Å². The van der Waals surface area contributed by atoms with Crippen molar-refractivity contribution < 1.29 is 9.59 Å². The van der Waals surface area contributed by atoms with Crippen LogP contribution in [0.3, 0.4) is 0 Å². The molecule has 1 saturated heterocycles. The van der Waals surface area contributed by atoms with Crippen LogP contribution in [-0.4, -0.2) is 50.8 Å². The molecule has 6 rings (SSSR count). The Kier molecular flexibility index (Phi) is 4.44. The Labute approximate surface area is 192 Å². The number of carbonyl (C=O) groups is 2. The molecule has 1 N–H and O–H groups in total. The van der Waals surface area contributed by atoms with Crippen molar-refractivity contribution in [1.82, 2.24) is 20.0 Å². The normalized spacial score (nSPS) is 20.2. The van der Waals surface area contributed by atoms with Crippen LogP contribution in [0.2, 0.25) is 0 Å². The summed E-state index contributed by atoms with van der Waals surface area (Å²) >= 11 is 0. The molecule has 2 aromatic rings. The topological polar surface area (TPSA) is 79.6 Å². The first-order valence-corrected chi connectivity index (χ1v) is 11.7. The Balaban J connectivity index is 1.22. The van der Waals surface area contributed by atoms with E-state index in [2.05, 4.69) is 36.4 Å². The van der Waals surface area contributed by atoms with Crippen LogP contribution in [0, 0.1) is 0 Å². The monoisotopic (exact) mass is 441 g/mol. The highest BCUT2D eigenvalue weighted by molar-refractivity contribution is 6.32. The van der Waals surface area contributed by atoms with Crippen LogP contribution in [0.1, 0.15) is 71.1 Å². The molecular weight excluding hydrogens is 414 g/mol. The fraction of sp³-hybridized carbons (Fsp3) is 0.385. The lowest BCUT2D eigenvalue weighted by Gasteiger charge is -2.44. The van der Waals surface area contributed by atoms with Crippen LogP contribution >= 0.6 is 0 Å². The number of hydrogen-bond donors (Lipinski definition) is 1. The smallest absolute Gasteiger partial charge is 0.272 e. The lowest BCUT2D eigenvalue weighted by atomic mass is 9.79. The van der Waals surface area contributed by atoms with Gasteiger partial charge in [0.25, 0.3) is 11.8 Å². The maximum absolute atomic E-state index is 13.6. The number of aromatic nitrogens is 2. The third-order valence-electron chi connectivity index (χ3n) is 7.29. The van der Waals surface area contributed by atoms with Gasteiger partial charge in [-0.3, -0.25) is 19.3 Å². The number of aliphatic imine (C=N–C) groups is 1. The molecule has 1 fully saturated rings. The molecule has 3 aliphatic heterocycles. The summed E-state index contributed by atoms with van der Waals surface area (Å²) in [5, 5.41) is 7.71. The first-order chi connectivity index (χ1) is 15.9. The maximum atomic E-state index is 13.6. The summed E-state index contributed by atoms with van der Waals surface area (Å²) in [5.74, 6) is -0.0534. The number of hydrogen-bond acceptors (Lipinski definition) is 4. The largest absolute Gasteiger partial charge is 0.345 e. The summed E-state index contributed by atoms with van der Waals surface area (Å²) < 4.78 is 1.86. The van der Waals surface area contributed by atoms with Crippen molar-refractivity contribution >= 4 is 28.8 Å². The molecule has 0 bridgehead atoms. The standard InChI is InChI=1S/C26H27N5O2/c1-16(2)31-15-17-14-26(28-24(32)23(17)29-31)10-12-30(13-11-26)25(33)19-7-5-9-21-22(19)18-6-3-4-8-20(18)27-21/h3-7,9,15-16H,8,10-14H2,1-2H3,(H,28,32). The highest BCUT2D eigenvalue weighted by Crippen LogP contribution is 2.40. The quantitative estimate of drug-likeness (QED) is 0.769. The minimum Gasteiger partial charge on any atom is -0.345 e. The fourth-order valence-electron chi connectivity index (χ4n) is 5.46. The summed E-state index contributed by atoms with van der Waals surface area (Å²) in [6.07, 6.45) is 11.2. The minimum atomic E-state index is -0.308. The highest BCUT2D eigenvalue weighted by Gasteiger charge is 2.43. The number of amides is 2. The maximum Gasteiger partial charge on any atom is 0.272 e. The molecule has 4 heterocycles. The van der Waals surface area contributed by atoms with Crippen LogP contribution in [0.25, 0.3) is 5.57 Å². The van der Waals surface area contributed by atoms with Crippen molar-refractivity contribution in [1.29, 1.82) is 0 Å². The molecule has 0 unspecified atom stereocenters. The molecule has 1 aliphatic carbocycles.